The van der Waals surface area contributed by atoms with Crippen LogP contribution in [0.15, 0.2) is 30.0 Å². The number of para-hydroxylation sites is 1. The maximum absolute atomic E-state index is 12.0. The molecule has 2 heteroatoms. The number of aryl methyl sites for hydroxylation is 2. The smallest absolute Gasteiger partial charge is 0.157 e. The Kier molecular flexibility index (Phi) is 5.44. The van der Waals surface area contributed by atoms with Crippen LogP contribution in [-0.2, 0) is 17.6 Å². The van der Waals surface area contributed by atoms with Crippen LogP contribution in [0.5, 0.6) is 0 Å². The SMILES string of the molecule is CCCc1cccc(CCC)c1NC1=CC(=O)CC(C)(C)C1. The van der Waals surface area contributed by atoms with E-state index in [1.807, 2.05) is 6.08 Å². The summed E-state index contributed by atoms with van der Waals surface area (Å²) in [4.78, 5) is 12.0. The fourth-order valence-electron chi connectivity index (χ4n) is 3.36. The van der Waals surface area contributed by atoms with Gasteiger partial charge in [-0.15, -0.1) is 0 Å². The third kappa shape index (κ3) is 4.22. The zero-order chi connectivity index (χ0) is 16.2. The van der Waals surface area contributed by atoms with Crippen molar-refractivity contribution in [2.75, 3.05) is 5.32 Å². The maximum atomic E-state index is 12.0. The molecule has 0 saturated heterocycles. The number of nitrogens with one attached hydrogen (secondary N) is 1. The van der Waals surface area contributed by atoms with Gasteiger partial charge in [0.05, 0.1) is 0 Å². The number of anilines is 1. The molecule has 0 bridgehead atoms. The Hall–Kier alpha value is -1.57. The molecule has 1 aromatic carbocycles. The number of carbonyl (C=O) groups excluding carboxylic acids is 1. The van der Waals surface area contributed by atoms with Gasteiger partial charge < -0.3 is 5.32 Å². The fraction of sp³-hybridized carbons (Fsp3) is 0.550. The molecule has 2 rings (SSSR count). The number of carbonyl (C=O) groups is 1. The molecule has 1 aliphatic rings. The second-order valence-corrected chi connectivity index (χ2v) is 7.23. The minimum absolute atomic E-state index is 0.0544. The number of hydrogen-bond donors (Lipinski definition) is 1. The molecule has 0 spiro atoms. The summed E-state index contributed by atoms with van der Waals surface area (Å²) >= 11 is 0. The Morgan fingerprint density at radius 1 is 1.05 bits per heavy atom. The molecule has 0 radical (unpaired) electrons. The van der Waals surface area contributed by atoms with Crippen molar-refractivity contribution in [2.24, 2.45) is 5.41 Å². The first-order valence-electron chi connectivity index (χ1n) is 8.56. The number of allylic oxidation sites excluding steroid dienone is 2. The van der Waals surface area contributed by atoms with Crippen LogP contribution in [0.1, 0.15) is 64.5 Å². The first-order chi connectivity index (χ1) is 10.4. The van der Waals surface area contributed by atoms with Gasteiger partial charge in [0.2, 0.25) is 0 Å². The summed E-state index contributed by atoms with van der Waals surface area (Å²) in [6.45, 7) is 8.76. The van der Waals surface area contributed by atoms with E-state index in [0.717, 1.165) is 37.8 Å². The average Bonchev–Trinajstić information content (AvgIpc) is 2.40. The summed E-state index contributed by atoms with van der Waals surface area (Å²) in [7, 11) is 0. The largest absolute Gasteiger partial charge is 0.358 e. The monoisotopic (exact) mass is 299 g/mol. The van der Waals surface area contributed by atoms with Crippen molar-refractivity contribution in [3.05, 3.63) is 41.1 Å². The topological polar surface area (TPSA) is 29.1 Å². The lowest BCUT2D eigenvalue weighted by molar-refractivity contribution is -0.117. The summed E-state index contributed by atoms with van der Waals surface area (Å²) in [5, 5.41) is 3.61. The molecule has 0 saturated carbocycles. The van der Waals surface area contributed by atoms with E-state index in [1.165, 1.54) is 16.8 Å². The number of hydrogen-bond acceptors (Lipinski definition) is 2. The maximum Gasteiger partial charge on any atom is 0.157 e. The molecular formula is C20H29NO. The lowest BCUT2D eigenvalue weighted by Gasteiger charge is -2.30. The minimum Gasteiger partial charge on any atom is -0.358 e. The van der Waals surface area contributed by atoms with E-state index in [-0.39, 0.29) is 11.2 Å². The van der Waals surface area contributed by atoms with E-state index >= 15 is 0 Å². The predicted molar refractivity (Wildman–Crippen MR) is 94.2 cm³/mol. The van der Waals surface area contributed by atoms with Gasteiger partial charge >= 0.3 is 0 Å². The Morgan fingerprint density at radius 2 is 1.64 bits per heavy atom. The molecule has 120 valence electrons. The molecule has 1 aliphatic carbocycles. The molecule has 0 aliphatic heterocycles. The quantitative estimate of drug-likeness (QED) is 0.774. The van der Waals surface area contributed by atoms with Gasteiger partial charge in [0, 0.05) is 23.9 Å². The van der Waals surface area contributed by atoms with Crippen molar-refractivity contribution < 1.29 is 4.79 Å². The standard InChI is InChI=1S/C20H29NO/c1-5-8-15-10-7-11-16(9-6-2)19(15)21-17-12-18(22)14-20(3,4)13-17/h7,10-12,21H,5-6,8-9,13-14H2,1-4H3. The molecule has 0 amide bonds. The van der Waals surface area contributed by atoms with Crippen LogP contribution < -0.4 is 5.32 Å². The normalized spacial score (nSPS) is 17.3. The number of rotatable bonds is 6. The fourth-order valence-corrected chi connectivity index (χ4v) is 3.36. The predicted octanol–water partition coefficient (Wildman–Crippen LogP) is 5.28. The van der Waals surface area contributed by atoms with Crippen LogP contribution in [0.25, 0.3) is 0 Å². The lowest BCUT2D eigenvalue weighted by Crippen LogP contribution is -2.24. The lowest BCUT2D eigenvalue weighted by atomic mass is 9.79. The Labute approximate surface area is 135 Å². The van der Waals surface area contributed by atoms with Crippen molar-refractivity contribution in [3.8, 4) is 0 Å². The van der Waals surface area contributed by atoms with E-state index in [0.29, 0.717) is 6.42 Å². The number of benzene rings is 1. The van der Waals surface area contributed by atoms with Crippen LogP contribution in [-0.4, -0.2) is 5.78 Å². The van der Waals surface area contributed by atoms with Crippen LogP contribution in [0.2, 0.25) is 0 Å². The highest BCUT2D eigenvalue weighted by atomic mass is 16.1. The second kappa shape index (κ2) is 7.13. The molecule has 1 aromatic rings. The molecule has 1 N–H and O–H groups in total. The minimum atomic E-state index is 0.0544. The van der Waals surface area contributed by atoms with Gasteiger partial charge in [0.25, 0.3) is 0 Å². The van der Waals surface area contributed by atoms with Gasteiger partial charge in [-0.3, -0.25) is 4.79 Å². The summed E-state index contributed by atoms with van der Waals surface area (Å²) in [6, 6.07) is 6.58. The molecule has 0 aromatic heterocycles. The van der Waals surface area contributed by atoms with Gasteiger partial charge in [-0.25, -0.2) is 0 Å². The summed E-state index contributed by atoms with van der Waals surface area (Å²) < 4.78 is 0. The van der Waals surface area contributed by atoms with Crippen molar-refractivity contribution in [1.82, 2.24) is 0 Å². The Morgan fingerprint density at radius 3 is 2.14 bits per heavy atom. The first kappa shape index (κ1) is 16.8. The van der Waals surface area contributed by atoms with E-state index in [9.17, 15) is 4.79 Å². The molecule has 0 unspecified atom stereocenters. The van der Waals surface area contributed by atoms with E-state index in [2.05, 4.69) is 51.2 Å². The zero-order valence-electron chi connectivity index (χ0n) is 14.5. The van der Waals surface area contributed by atoms with Crippen molar-refractivity contribution in [1.29, 1.82) is 0 Å². The third-order valence-corrected chi connectivity index (χ3v) is 4.22. The van der Waals surface area contributed by atoms with Crippen LogP contribution >= 0.6 is 0 Å². The molecular weight excluding hydrogens is 270 g/mol. The molecule has 0 heterocycles. The average molecular weight is 299 g/mol. The Bertz CT molecular complexity index is 545. The van der Waals surface area contributed by atoms with E-state index < -0.39 is 0 Å². The highest BCUT2D eigenvalue weighted by Crippen LogP contribution is 2.35. The highest BCUT2D eigenvalue weighted by Gasteiger charge is 2.28. The summed E-state index contributed by atoms with van der Waals surface area (Å²) in [5.74, 6) is 0.240. The van der Waals surface area contributed by atoms with E-state index in [1.54, 1.807) is 0 Å². The third-order valence-electron chi connectivity index (χ3n) is 4.22. The van der Waals surface area contributed by atoms with Crippen molar-refractivity contribution in [3.63, 3.8) is 0 Å². The van der Waals surface area contributed by atoms with Crippen LogP contribution in [0.4, 0.5) is 5.69 Å². The number of ketones is 1. The molecule has 22 heavy (non-hydrogen) atoms. The van der Waals surface area contributed by atoms with Crippen LogP contribution in [0.3, 0.4) is 0 Å². The molecule has 0 atom stereocenters. The van der Waals surface area contributed by atoms with Crippen LogP contribution in [0, 0.1) is 5.41 Å². The second-order valence-electron chi connectivity index (χ2n) is 7.23. The molecule has 0 fully saturated rings. The first-order valence-corrected chi connectivity index (χ1v) is 8.56. The summed E-state index contributed by atoms with van der Waals surface area (Å²) in [6.07, 6.45) is 7.81. The summed E-state index contributed by atoms with van der Waals surface area (Å²) in [5.41, 5.74) is 5.10. The van der Waals surface area contributed by atoms with Crippen molar-refractivity contribution >= 4 is 11.5 Å². The van der Waals surface area contributed by atoms with Gasteiger partial charge in [-0.1, -0.05) is 58.7 Å². The van der Waals surface area contributed by atoms with Gasteiger partial charge in [-0.05, 0) is 35.8 Å². The molecule has 2 nitrogen and oxygen atoms in total. The van der Waals surface area contributed by atoms with Gasteiger partial charge in [0.15, 0.2) is 5.78 Å². The zero-order valence-corrected chi connectivity index (χ0v) is 14.5. The Balaban J connectivity index is 2.33. The van der Waals surface area contributed by atoms with Crippen molar-refractivity contribution in [2.45, 2.75) is 66.2 Å². The highest BCUT2D eigenvalue weighted by molar-refractivity contribution is 5.92. The van der Waals surface area contributed by atoms with Gasteiger partial charge in [0.1, 0.15) is 0 Å². The van der Waals surface area contributed by atoms with E-state index in [4.69, 9.17) is 0 Å². The van der Waals surface area contributed by atoms with Gasteiger partial charge in [-0.2, -0.15) is 0 Å².